The maximum absolute atomic E-state index is 10.4. The number of aliphatic hydroxyl groups is 1. The smallest absolute Gasteiger partial charge is 0.321 e. The Bertz CT molecular complexity index is 149. The molecular weight excluding hydrogens is 164 g/mol. The highest BCUT2D eigenvalue weighted by Crippen LogP contribution is 2.07. The van der Waals surface area contributed by atoms with Gasteiger partial charge in [-0.1, -0.05) is 0 Å². The Hall–Kier alpha value is 0.220. The van der Waals surface area contributed by atoms with E-state index in [-0.39, 0.29) is 13.2 Å². The van der Waals surface area contributed by atoms with Crippen LogP contribution in [0.5, 0.6) is 0 Å². The van der Waals surface area contributed by atoms with Gasteiger partial charge in [-0.15, -0.1) is 0 Å². The van der Waals surface area contributed by atoms with E-state index in [2.05, 4.69) is 4.18 Å². The van der Waals surface area contributed by atoms with Gasteiger partial charge in [0.05, 0.1) is 13.2 Å². The summed E-state index contributed by atoms with van der Waals surface area (Å²) in [7, 11) is -2.82. The third-order valence-corrected chi connectivity index (χ3v) is 2.90. The first-order valence-corrected chi connectivity index (χ1v) is 5.33. The summed E-state index contributed by atoms with van der Waals surface area (Å²) in [5.74, 6) is 0. The van der Waals surface area contributed by atoms with Gasteiger partial charge in [-0.05, 0) is 17.0 Å². The second-order valence-electron chi connectivity index (χ2n) is 1.12. The summed E-state index contributed by atoms with van der Waals surface area (Å²) in [6.07, 6.45) is 1.40. The van der Waals surface area contributed by atoms with Crippen LogP contribution in [0.3, 0.4) is 0 Å². The summed E-state index contributed by atoms with van der Waals surface area (Å²) in [4.78, 5) is 0. The van der Waals surface area contributed by atoms with E-state index in [9.17, 15) is 8.42 Å². The van der Waals surface area contributed by atoms with Crippen molar-refractivity contribution in [3.8, 4) is 0 Å². The summed E-state index contributed by atoms with van der Waals surface area (Å²) in [5, 5.41) is 8.13. The molecule has 6 heteroatoms. The summed E-state index contributed by atoms with van der Waals surface area (Å²) in [6.45, 7) is -0.442. The van der Waals surface area contributed by atoms with Crippen molar-refractivity contribution in [2.24, 2.45) is 0 Å². The highest BCUT2D eigenvalue weighted by atomic mass is 33.1. The van der Waals surface area contributed by atoms with Crippen molar-refractivity contribution in [3.63, 3.8) is 0 Å². The lowest BCUT2D eigenvalue weighted by atomic mass is 10.8. The first-order valence-electron chi connectivity index (χ1n) is 2.18. The van der Waals surface area contributed by atoms with Crippen molar-refractivity contribution < 1.29 is 17.7 Å². The zero-order chi connectivity index (χ0) is 7.33. The quantitative estimate of drug-likeness (QED) is 0.585. The summed E-state index contributed by atoms with van der Waals surface area (Å²) in [6, 6.07) is 0. The van der Waals surface area contributed by atoms with Crippen LogP contribution in [-0.4, -0.2) is 33.0 Å². The number of hydrogen-bond donors (Lipinski definition) is 1. The molecule has 0 aromatic rings. The Kier molecular flexibility index (Phi) is 4.20. The van der Waals surface area contributed by atoms with Crippen molar-refractivity contribution in [1.29, 1.82) is 0 Å². The minimum Gasteiger partial charge on any atom is -0.394 e. The fourth-order valence-corrected chi connectivity index (χ4v) is 1.06. The van der Waals surface area contributed by atoms with Gasteiger partial charge in [-0.2, -0.15) is 8.42 Å². The molecule has 0 rings (SSSR count). The average molecular weight is 172 g/mol. The van der Waals surface area contributed by atoms with Crippen LogP contribution in [0.1, 0.15) is 0 Å². The van der Waals surface area contributed by atoms with Gasteiger partial charge >= 0.3 is 9.15 Å². The lowest BCUT2D eigenvalue weighted by Gasteiger charge is -1.97. The number of rotatable bonds is 4. The van der Waals surface area contributed by atoms with E-state index in [1.165, 1.54) is 6.26 Å². The van der Waals surface area contributed by atoms with Gasteiger partial charge in [-0.3, -0.25) is 4.18 Å². The topological polar surface area (TPSA) is 63.6 Å². The zero-order valence-electron chi connectivity index (χ0n) is 4.90. The van der Waals surface area contributed by atoms with E-state index in [1.54, 1.807) is 0 Å². The van der Waals surface area contributed by atoms with Gasteiger partial charge in [-0.25, -0.2) is 0 Å². The minimum atomic E-state index is -3.42. The lowest BCUT2D eigenvalue weighted by Crippen LogP contribution is -2.04. The first kappa shape index (κ1) is 9.22. The maximum atomic E-state index is 10.4. The molecule has 9 heavy (non-hydrogen) atoms. The molecular formula is C3H8O4S2. The Morgan fingerprint density at radius 2 is 2.22 bits per heavy atom. The molecule has 0 aromatic heterocycles. The van der Waals surface area contributed by atoms with Crippen LogP contribution < -0.4 is 0 Å². The fourth-order valence-electron chi connectivity index (χ4n) is 0.187. The molecule has 4 nitrogen and oxygen atoms in total. The lowest BCUT2D eigenvalue weighted by molar-refractivity contribution is 0.209. The van der Waals surface area contributed by atoms with E-state index >= 15 is 0 Å². The molecule has 0 aromatic carbocycles. The standard InChI is InChI=1S/C3H8O4S2/c1-8-9(5,6)7-3-2-4/h4H,2-3H2,1H3. The van der Waals surface area contributed by atoms with Crippen LogP contribution in [0.2, 0.25) is 0 Å². The van der Waals surface area contributed by atoms with Crippen LogP contribution in [0.25, 0.3) is 0 Å². The van der Waals surface area contributed by atoms with Crippen LogP contribution in [0, 0.1) is 0 Å². The maximum Gasteiger partial charge on any atom is 0.321 e. The zero-order valence-corrected chi connectivity index (χ0v) is 6.54. The molecule has 0 aliphatic rings. The van der Waals surface area contributed by atoms with Crippen LogP contribution in [0.15, 0.2) is 0 Å². The summed E-state index contributed by atoms with van der Waals surface area (Å²) >= 11 is 0. The van der Waals surface area contributed by atoms with Gasteiger partial charge in [0.2, 0.25) is 0 Å². The van der Waals surface area contributed by atoms with E-state index in [4.69, 9.17) is 5.11 Å². The van der Waals surface area contributed by atoms with Gasteiger partial charge in [0.1, 0.15) is 0 Å². The van der Waals surface area contributed by atoms with E-state index in [0.717, 1.165) is 0 Å². The Morgan fingerprint density at radius 1 is 1.67 bits per heavy atom. The molecule has 0 fully saturated rings. The van der Waals surface area contributed by atoms with Crippen LogP contribution >= 0.6 is 10.8 Å². The highest BCUT2D eigenvalue weighted by Gasteiger charge is 2.05. The molecule has 0 radical (unpaired) electrons. The predicted molar refractivity (Wildman–Crippen MR) is 35.5 cm³/mol. The molecule has 0 aliphatic heterocycles. The number of hydrogen-bond acceptors (Lipinski definition) is 5. The molecule has 0 spiro atoms. The van der Waals surface area contributed by atoms with E-state index < -0.39 is 9.15 Å². The van der Waals surface area contributed by atoms with Crippen molar-refractivity contribution in [3.05, 3.63) is 0 Å². The molecule has 0 unspecified atom stereocenters. The van der Waals surface area contributed by atoms with Crippen LogP contribution in [0.4, 0.5) is 0 Å². The molecule has 0 bridgehead atoms. The van der Waals surface area contributed by atoms with Crippen LogP contribution in [-0.2, 0) is 13.3 Å². The average Bonchev–Trinajstić information content (AvgIpc) is 1.84. The first-order chi connectivity index (χ1) is 4.12. The monoisotopic (exact) mass is 172 g/mol. The largest absolute Gasteiger partial charge is 0.394 e. The molecule has 0 heterocycles. The molecule has 0 atom stereocenters. The molecule has 1 N–H and O–H groups in total. The Labute approximate surface area is 57.7 Å². The molecule has 0 saturated carbocycles. The highest BCUT2D eigenvalue weighted by molar-refractivity contribution is 8.70. The summed E-state index contributed by atoms with van der Waals surface area (Å²) < 4.78 is 25.0. The fraction of sp³-hybridized carbons (Fsp3) is 1.00. The van der Waals surface area contributed by atoms with Crippen molar-refractivity contribution in [2.75, 3.05) is 19.5 Å². The second kappa shape index (κ2) is 4.10. The predicted octanol–water partition coefficient (Wildman–Crippen LogP) is -0.397. The van der Waals surface area contributed by atoms with Crippen molar-refractivity contribution >= 4 is 19.9 Å². The Morgan fingerprint density at radius 3 is 2.56 bits per heavy atom. The SMILES string of the molecule is CSS(=O)(=O)OCCO. The third kappa shape index (κ3) is 4.71. The van der Waals surface area contributed by atoms with Gasteiger partial charge in [0.15, 0.2) is 0 Å². The molecule has 0 saturated heterocycles. The Balaban J connectivity index is 3.61. The van der Waals surface area contributed by atoms with Gasteiger partial charge < -0.3 is 5.11 Å². The third-order valence-electron chi connectivity index (χ3n) is 0.523. The molecule has 56 valence electrons. The minimum absolute atomic E-state index is 0.164. The van der Waals surface area contributed by atoms with E-state index in [0.29, 0.717) is 10.8 Å². The molecule has 0 aliphatic carbocycles. The normalized spacial score (nSPS) is 11.8. The van der Waals surface area contributed by atoms with E-state index in [1.807, 2.05) is 0 Å². The van der Waals surface area contributed by atoms with Crippen molar-refractivity contribution in [1.82, 2.24) is 0 Å². The second-order valence-corrected chi connectivity index (χ2v) is 4.73. The van der Waals surface area contributed by atoms with Gasteiger partial charge in [0.25, 0.3) is 0 Å². The van der Waals surface area contributed by atoms with Gasteiger partial charge in [0, 0.05) is 0 Å². The summed E-state index contributed by atoms with van der Waals surface area (Å²) in [5.41, 5.74) is 0. The number of aliphatic hydroxyl groups excluding tert-OH is 1. The van der Waals surface area contributed by atoms with Crippen molar-refractivity contribution in [2.45, 2.75) is 0 Å². The molecule has 0 amide bonds.